The van der Waals surface area contributed by atoms with Crippen LogP contribution in [0.15, 0.2) is 30.3 Å². The number of amides is 1. The maximum absolute atomic E-state index is 12.3. The molecular formula is C14H20N2O2. The molecule has 1 amide bonds. The van der Waals surface area contributed by atoms with Gasteiger partial charge in [-0.1, -0.05) is 30.3 Å². The molecule has 1 saturated heterocycles. The van der Waals surface area contributed by atoms with E-state index in [0.29, 0.717) is 5.92 Å². The van der Waals surface area contributed by atoms with E-state index in [1.54, 1.807) is 7.05 Å². The van der Waals surface area contributed by atoms with Crippen LogP contribution in [-0.4, -0.2) is 31.2 Å². The van der Waals surface area contributed by atoms with E-state index >= 15 is 0 Å². The minimum atomic E-state index is -0.148. The third kappa shape index (κ3) is 2.89. The second-order valence-electron chi connectivity index (χ2n) is 4.79. The fraction of sp³-hybridized carbons (Fsp3) is 0.500. The van der Waals surface area contributed by atoms with Gasteiger partial charge in [-0.2, -0.15) is 0 Å². The van der Waals surface area contributed by atoms with Gasteiger partial charge in [-0.25, -0.2) is 5.84 Å². The zero-order valence-electron chi connectivity index (χ0n) is 10.7. The number of likely N-dealkylation sites (N-methyl/N-ethyl adjacent to an activating group) is 1. The van der Waals surface area contributed by atoms with Gasteiger partial charge in [-0.3, -0.25) is 9.80 Å². The quantitative estimate of drug-likeness (QED) is 0.501. The standard InChI is InChI=1S/C14H20N2O2/c1-16(15)14(17)13(11-5-3-2-4-6-11)12-7-9-18-10-8-12/h2-6,12-13H,7-10,15H2,1H3. The first-order valence-electron chi connectivity index (χ1n) is 6.35. The number of hydrazine groups is 1. The summed E-state index contributed by atoms with van der Waals surface area (Å²) < 4.78 is 5.37. The molecule has 98 valence electrons. The van der Waals surface area contributed by atoms with Crippen molar-refractivity contribution in [2.24, 2.45) is 11.8 Å². The Hall–Kier alpha value is -1.39. The molecule has 2 rings (SSSR count). The number of carbonyl (C=O) groups excluding carboxylic acids is 1. The number of benzene rings is 1. The predicted molar refractivity (Wildman–Crippen MR) is 69.7 cm³/mol. The van der Waals surface area contributed by atoms with E-state index < -0.39 is 0 Å². The first-order chi connectivity index (χ1) is 8.70. The molecule has 0 aromatic heterocycles. The van der Waals surface area contributed by atoms with Gasteiger partial charge < -0.3 is 4.74 Å². The molecule has 4 nitrogen and oxygen atoms in total. The van der Waals surface area contributed by atoms with Gasteiger partial charge >= 0.3 is 0 Å². The van der Waals surface area contributed by atoms with E-state index in [9.17, 15) is 4.79 Å². The minimum Gasteiger partial charge on any atom is -0.381 e. The van der Waals surface area contributed by atoms with Crippen molar-refractivity contribution in [2.75, 3.05) is 20.3 Å². The summed E-state index contributed by atoms with van der Waals surface area (Å²) >= 11 is 0. The molecule has 1 fully saturated rings. The van der Waals surface area contributed by atoms with Crippen LogP contribution in [0, 0.1) is 5.92 Å². The van der Waals surface area contributed by atoms with Crippen LogP contribution in [-0.2, 0) is 9.53 Å². The van der Waals surface area contributed by atoms with E-state index in [1.807, 2.05) is 30.3 Å². The fourth-order valence-corrected chi connectivity index (χ4v) is 2.55. The molecule has 0 bridgehead atoms. The molecule has 2 N–H and O–H groups in total. The lowest BCUT2D eigenvalue weighted by molar-refractivity contribution is -0.134. The summed E-state index contributed by atoms with van der Waals surface area (Å²) in [5.74, 6) is 5.78. The molecule has 4 heteroatoms. The topological polar surface area (TPSA) is 55.6 Å². The molecule has 1 aliphatic heterocycles. The Morgan fingerprint density at radius 2 is 1.94 bits per heavy atom. The zero-order valence-corrected chi connectivity index (χ0v) is 10.7. The number of carbonyl (C=O) groups is 1. The van der Waals surface area contributed by atoms with Crippen LogP contribution in [0.25, 0.3) is 0 Å². The number of rotatable bonds is 3. The van der Waals surface area contributed by atoms with Crippen LogP contribution in [0.1, 0.15) is 24.3 Å². The lowest BCUT2D eigenvalue weighted by atomic mass is 9.80. The Balaban J connectivity index is 2.25. The molecule has 1 atom stereocenters. The normalized spacial score (nSPS) is 18.3. The molecule has 1 aromatic carbocycles. The molecule has 1 heterocycles. The molecule has 1 unspecified atom stereocenters. The van der Waals surface area contributed by atoms with Crippen molar-refractivity contribution < 1.29 is 9.53 Å². The summed E-state index contributed by atoms with van der Waals surface area (Å²) in [5.41, 5.74) is 1.05. The van der Waals surface area contributed by atoms with Crippen molar-refractivity contribution in [3.63, 3.8) is 0 Å². The van der Waals surface area contributed by atoms with E-state index in [2.05, 4.69) is 0 Å². The van der Waals surface area contributed by atoms with Crippen molar-refractivity contribution in [2.45, 2.75) is 18.8 Å². The second-order valence-corrected chi connectivity index (χ2v) is 4.79. The van der Waals surface area contributed by atoms with Crippen LogP contribution in [0.3, 0.4) is 0 Å². The Bertz CT molecular complexity index is 386. The number of hydrogen-bond acceptors (Lipinski definition) is 3. The number of ether oxygens (including phenoxy) is 1. The highest BCUT2D eigenvalue weighted by atomic mass is 16.5. The first-order valence-corrected chi connectivity index (χ1v) is 6.35. The number of nitrogens with zero attached hydrogens (tertiary/aromatic N) is 1. The van der Waals surface area contributed by atoms with Crippen LogP contribution >= 0.6 is 0 Å². The van der Waals surface area contributed by atoms with Crippen LogP contribution in [0.2, 0.25) is 0 Å². The molecule has 0 radical (unpaired) electrons. The molecule has 1 aromatic rings. The van der Waals surface area contributed by atoms with E-state index in [0.717, 1.165) is 31.6 Å². The van der Waals surface area contributed by atoms with Gasteiger partial charge in [0.1, 0.15) is 0 Å². The summed E-state index contributed by atoms with van der Waals surface area (Å²) in [5, 5.41) is 1.20. The van der Waals surface area contributed by atoms with E-state index in [1.165, 1.54) is 5.01 Å². The second kappa shape index (κ2) is 5.98. The Kier molecular flexibility index (Phi) is 4.33. The summed E-state index contributed by atoms with van der Waals surface area (Å²) in [4.78, 5) is 12.3. The van der Waals surface area contributed by atoms with Gasteiger partial charge in [-0.05, 0) is 24.3 Å². The van der Waals surface area contributed by atoms with Crippen molar-refractivity contribution in [3.8, 4) is 0 Å². The lowest BCUT2D eigenvalue weighted by Gasteiger charge is -2.31. The fourth-order valence-electron chi connectivity index (χ4n) is 2.55. The lowest BCUT2D eigenvalue weighted by Crippen LogP contribution is -2.40. The zero-order chi connectivity index (χ0) is 13.0. The highest BCUT2D eigenvalue weighted by Crippen LogP contribution is 2.33. The summed E-state index contributed by atoms with van der Waals surface area (Å²) in [6.45, 7) is 1.46. The minimum absolute atomic E-state index is 0.0203. The maximum atomic E-state index is 12.3. The van der Waals surface area contributed by atoms with Gasteiger partial charge in [-0.15, -0.1) is 0 Å². The summed E-state index contributed by atoms with van der Waals surface area (Å²) in [7, 11) is 1.61. The molecular weight excluding hydrogens is 228 g/mol. The highest BCUT2D eigenvalue weighted by Gasteiger charge is 2.32. The third-order valence-electron chi connectivity index (χ3n) is 3.51. The average Bonchev–Trinajstić information content (AvgIpc) is 2.41. The maximum Gasteiger partial charge on any atom is 0.244 e. The van der Waals surface area contributed by atoms with Crippen LogP contribution in [0.5, 0.6) is 0 Å². The Morgan fingerprint density at radius 1 is 1.33 bits per heavy atom. The van der Waals surface area contributed by atoms with Crippen molar-refractivity contribution in [3.05, 3.63) is 35.9 Å². The third-order valence-corrected chi connectivity index (χ3v) is 3.51. The van der Waals surface area contributed by atoms with Gasteiger partial charge in [0.2, 0.25) is 5.91 Å². The van der Waals surface area contributed by atoms with Gasteiger partial charge in [0.15, 0.2) is 0 Å². The van der Waals surface area contributed by atoms with Gasteiger partial charge in [0.05, 0.1) is 5.92 Å². The van der Waals surface area contributed by atoms with E-state index in [4.69, 9.17) is 10.6 Å². The number of nitrogens with two attached hydrogens (primary N) is 1. The smallest absolute Gasteiger partial charge is 0.244 e. The predicted octanol–water partition coefficient (Wildman–Crippen LogP) is 1.53. The molecule has 0 saturated carbocycles. The van der Waals surface area contributed by atoms with Crippen molar-refractivity contribution in [1.29, 1.82) is 0 Å². The molecule has 18 heavy (non-hydrogen) atoms. The van der Waals surface area contributed by atoms with Crippen molar-refractivity contribution in [1.82, 2.24) is 5.01 Å². The first kappa shape index (κ1) is 13.1. The molecule has 1 aliphatic rings. The Morgan fingerprint density at radius 3 is 2.50 bits per heavy atom. The number of hydrogen-bond donors (Lipinski definition) is 1. The SMILES string of the molecule is CN(N)C(=O)C(c1ccccc1)C1CCOCC1. The Labute approximate surface area is 108 Å². The van der Waals surface area contributed by atoms with Crippen LogP contribution in [0.4, 0.5) is 0 Å². The molecule has 0 spiro atoms. The van der Waals surface area contributed by atoms with Gasteiger partial charge in [0.25, 0.3) is 0 Å². The monoisotopic (exact) mass is 248 g/mol. The highest BCUT2D eigenvalue weighted by molar-refractivity contribution is 5.83. The van der Waals surface area contributed by atoms with Crippen molar-refractivity contribution >= 4 is 5.91 Å². The molecule has 0 aliphatic carbocycles. The van der Waals surface area contributed by atoms with E-state index in [-0.39, 0.29) is 11.8 Å². The average molecular weight is 248 g/mol. The van der Waals surface area contributed by atoms with Crippen LogP contribution < -0.4 is 5.84 Å². The van der Waals surface area contributed by atoms with Gasteiger partial charge in [0, 0.05) is 20.3 Å². The largest absolute Gasteiger partial charge is 0.381 e. The summed E-state index contributed by atoms with van der Waals surface area (Å²) in [6.07, 6.45) is 1.83. The summed E-state index contributed by atoms with van der Waals surface area (Å²) in [6, 6.07) is 9.89.